The highest BCUT2D eigenvalue weighted by Crippen LogP contribution is 2.30. The number of benzene rings is 2. The first-order valence-electron chi connectivity index (χ1n) is 10.4. The molecule has 1 fully saturated rings. The maximum absolute atomic E-state index is 14.9. The number of hydrogen-bond donors (Lipinski definition) is 0. The smallest absolute Gasteiger partial charge is 0.173 e. The van der Waals surface area contributed by atoms with Gasteiger partial charge in [-0.05, 0) is 34.2 Å². The fraction of sp³-hybridized carbons (Fsp3) is 0.348. The van der Waals surface area contributed by atoms with E-state index in [9.17, 15) is 4.39 Å². The minimum atomic E-state index is -0.361. The van der Waals surface area contributed by atoms with Gasteiger partial charge in [-0.15, -0.1) is 11.7 Å². The third-order valence-electron chi connectivity index (χ3n) is 5.65. The summed E-state index contributed by atoms with van der Waals surface area (Å²) in [4.78, 5) is 4.59. The lowest BCUT2D eigenvalue weighted by Crippen LogP contribution is -2.48. The molecule has 1 atom stereocenters. The first-order valence-corrected chi connectivity index (χ1v) is 10.4. The number of hydrogen-bond acceptors (Lipinski definition) is 6. The number of rotatable bonds is 8. The lowest BCUT2D eigenvalue weighted by Gasteiger charge is -2.38. The standard InChI is InChI=1S/C23H27FN6O/c1-3-12-28-13-15-29(16-14-28)22(20-6-4-5-7-21(20)24)23-25-26-27-30(23)17-18-8-10-19(31-2)11-9-18/h3-11,22H,1,12-17H2,2H3. The van der Waals surface area contributed by atoms with Crippen molar-refractivity contribution in [1.82, 2.24) is 30.0 Å². The Balaban J connectivity index is 1.64. The number of nitrogens with zero attached hydrogens (tertiary/aromatic N) is 6. The van der Waals surface area contributed by atoms with E-state index in [1.54, 1.807) is 17.9 Å². The van der Waals surface area contributed by atoms with Crippen LogP contribution < -0.4 is 4.74 Å². The monoisotopic (exact) mass is 422 g/mol. The Kier molecular flexibility index (Phi) is 6.69. The molecule has 8 heteroatoms. The molecule has 1 unspecified atom stereocenters. The Labute approximate surface area is 181 Å². The Morgan fingerprint density at radius 2 is 1.84 bits per heavy atom. The molecule has 4 rings (SSSR count). The topological polar surface area (TPSA) is 59.3 Å². The molecule has 1 aromatic heterocycles. The molecule has 0 saturated carbocycles. The van der Waals surface area contributed by atoms with Crippen LogP contribution in [0.15, 0.2) is 61.2 Å². The first-order chi connectivity index (χ1) is 15.2. The summed E-state index contributed by atoms with van der Waals surface area (Å²) in [5.41, 5.74) is 1.63. The van der Waals surface area contributed by atoms with Gasteiger partial charge in [0.05, 0.1) is 13.7 Å². The minimum absolute atomic E-state index is 0.250. The number of methoxy groups -OCH3 is 1. The van der Waals surface area contributed by atoms with E-state index in [1.165, 1.54) is 6.07 Å². The lowest BCUT2D eigenvalue weighted by atomic mass is 10.0. The van der Waals surface area contributed by atoms with E-state index in [2.05, 4.69) is 31.9 Å². The van der Waals surface area contributed by atoms with Crippen LogP contribution in [0, 0.1) is 5.82 Å². The van der Waals surface area contributed by atoms with Gasteiger partial charge < -0.3 is 4.74 Å². The molecular formula is C23H27FN6O. The molecule has 7 nitrogen and oxygen atoms in total. The van der Waals surface area contributed by atoms with Crippen molar-refractivity contribution >= 4 is 0 Å². The van der Waals surface area contributed by atoms with Gasteiger partial charge in [0.25, 0.3) is 0 Å². The summed E-state index contributed by atoms with van der Waals surface area (Å²) >= 11 is 0. The molecule has 1 aliphatic heterocycles. The van der Waals surface area contributed by atoms with E-state index in [-0.39, 0.29) is 11.9 Å². The Morgan fingerprint density at radius 3 is 2.52 bits per heavy atom. The van der Waals surface area contributed by atoms with E-state index in [0.717, 1.165) is 44.0 Å². The summed E-state index contributed by atoms with van der Waals surface area (Å²) in [5.74, 6) is 1.18. The van der Waals surface area contributed by atoms with Crippen molar-refractivity contribution < 1.29 is 9.13 Å². The molecule has 0 spiro atoms. The molecule has 1 saturated heterocycles. The van der Waals surface area contributed by atoms with Gasteiger partial charge in [0.2, 0.25) is 0 Å². The zero-order chi connectivity index (χ0) is 21.6. The third kappa shape index (κ3) is 4.81. The molecule has 0 amide bonds. The molecule has 31 heavy (non-hydrogen) atoms. The van der Waals surface area contributed by atoms with E-state index >= 15 is 0 Å². The van der Waals surface area contributed by atoms with E-state index in [4.69, 9.17) is 4.74 Å². The minimum Gasteiger partial charge on any atom is -0.497 e. The average molecular weight is 423 g/mol. The number of ether oxygens (including phenoxy) is 1. The van der Waals surface area contributed by atoms with Gasteiger partial charge in [0.15, 0.2) is 5.82 Å². The van der Waals surface area contributed by atoms with Gasteiger partial charge in [-0.1, -0.05) is 36.4 Å². The molecule has 162 valence electrons. The van der Waals surface area contributed by atoms with Gasteiger partial charge in [0, 0.05) is 38.3 Å². The van der Waals surface area contributed by atoms with Gasteiger partial charge in [-0.2, -0.15) is 0 Å². The second-order valence-corrected chi connectivity index (χ2v) is 7.59. The van der Waals surface area contributed by atoms with Crippen molar-refractivity contribution in [3.05, 3.63) is 84.0 Å². The second kappa shape index (κ2) is 9.80. The van der Waals surface area contributed by atoms with Gasteiger partial charge in [-0.25, -0.2) is 9.07 Å². The molecule has 0 aliphatic carbocycles. The van der Waals surface area contributed by atoms with Crippen LogP contribution in [0.25, 0.3) is 0 Å². The van der Waals surface area contributed by atoms with Crippen LogP contribution in [0.3, 0.4) is 0 Å². The molecule has 0 bridgehead atoms. The fourth-order valence-corrected chi connectivity index (χ4v) is 4.01. The number of halogens is 1. The van der Waals surface area contributed by atoms with Crippen LogP contribution in [-0.2, 0) is 6.54 Å². The van der Waals surface area contributed by atoms with Crippen LogP contribution in [0.2, 0.25) is 0 Å². The predicted octanol–water partition coefficient (Wildman–Crippen LogP) is 2.76. The molecule has 2 heterocycles. The molecule has 0 N–H and O–H groups in total. The van der Waals surface area contributed by atoms with Crippen molar-refractivity contribution in [2.24, 2.45) is 0 Å². The highest BCUT2D eigenvalue weighted by molar-refractivity contribution is 5.29. The van der Waals surface area contributed by atoms with Crippen LogP contribution in [0.1, 0.15) is 23.0 Å². The average Bonchev–Trinajstić information content (AvgIpc) is 3.25. The molecule has 3 aromatic rings. The highest BCUT2D eigenvalue weighted by Gasteiger charge is 2.32. The summed E-state index contributed by atoms with van der Waals surface area (Å²) in [6.45, 7) is 8.54. The van der Waals surface area contributed by atoms with Gasteiger partial charge in [-0.3, -0.25) is 9.80 Å². The maximum atomic E-state index is 14.9. The van der Waals surface area contributed by atoms with Crippen molar-refractivity contribution in [2.45, 2.75) is 12.6 Å². The summed E-state index contributed by atoms with van der Waals surface area (Å²) < 4.78 is 21.9. The van der Waals surface area contributed by atoms with Crippen LogP contribution in [-0.4, -0.2) is 69.8 Å². The Hall–Kier alpha value is -3.10. The lowest BCUT2D eigenvalue weighted by molar-refractivity contribution is 0.111. The number of tetrazole rings is 1. The normalized spacial score (nSPS) is 16.2. The quantitative estimate of drug-likeness (QED) is 0.521. The van der Waals surface area contributed by atoms with Crippen molar-refractivity contribution in [2.75, 3.05) is 39.8 Å². The van der Waals surface area contributed by atoms with E-state index in [0.29, 0.717) is 17.9 Å². The van der Waals surface area contributed by atoms with E-state index in [1.807, 2.05) is 42.5 Å². The number of piperazine rings is 1. The zero-order valence-corrected chi connectivity index (χ0v) is 17.7. The largest absolute Gasteiger partial charge is 0.497 e. The van der Waals surface area contributed by atoms with E-state index < -0.39 is 0 Å². The molecule has 0 radical (unpaired) electrons. The second-order valence-electron chi connectivity index (χ2n) is 7.59. The summed E-state index contributed by atoms with van der Waals surface area (Å²) in [6, 6.07) is 14.3. The molecule has 2 aromatic carbocycles. The van der Waals surface area contributed by atoms with Crippen molar-refractivity contribution in [3.63, 3.8) is 0 Å². The molecule has 1 aliphatic rings. The van der Waals surface area contributed by atoms with Crippen LogP contribution in [0.4, 0.5) is 4.39 Å². The molecular weight excluding hydrogens is 395 g/mol. The summed E-state index contributed by atoms with van der Waals surface area (Å²) in [7, 11) is 1.64. The van der Waals surface area contributed by atoms with Crippen molar-refractivity contribution in [1.29, 1.82) is 0 Å². The summed E-state index contributed by atoms with van der Waals surface area (Å²) in [5, 5.41) is 12.5. The Bertz CT molecular complexity index is 997. The predicted molar refractivity (Wildman–Crippen MR) is 116 cm³/mol. The Morgan fingerprint density at radius 1 is 1.10 bits per heavy atom. The fourth-order valence-electron chi connectivity index (χ4n) is 4.01. The first kappa shape index (κ1) is 21.1. The zero-order valence-electron chi connectivity index (χ0n) is 17.7. The SMILES string of the molecule is C=CCN1CCN(C(c2ccccc2F)c2nnnn2Cc2ccc(OC)cc2)CC1. The van der Waals surface area contributed by atoms with Crippen molar-refractivity contribution in [3.8, 4) is 5.75 Å². The maximum Gasteiger partial charge on any atom is 0.173 e. The third-order valence-corrected chi connectivity index (χ3v) is 5.65. The van der Waals surface area contributed by atoms with Crippen LogP contribution in [0.5, 0.6) is 5.75 Å². The summed E-state index contributed by atoms with van der Waals surface area (Å²) in [6.07, 6.45) is 1.92. The van der Waals surface area contributed by atoms with Crippen LogP contribution >= 0.6 is 0 Å². The highest BCUT2D eigenvalue weighted by atomic mass is 19.1. The van der Waals surface area contributed by atoms with Gasteiger partial charge >= 0.3 is 0 Å². The van der Waals surface area contributed by atoms with Gasteiger partial charge in [0.1, 0.15) is 17.6 Å². The number of aromatic nitrogens is 4.